The van der Waals surface area contributed by atoms with Crippen LogP contribution in [0.1, 0.15) is 34.6 Å². The van der Waals surface area contributed by atoms with Gasteiger partial charge < -0.3 is 5.32 Å². The molecule has 76 valence electrons. The van der Waals surface area contributed by atoms with Crippen LogP contribution >= 0.6 is 0 Å². The molecule has 0 heterocycles. The lowest BCUT2D eigenvalue weighted by Gasteiger charge is -2.06. The minimum atomic E-state index is 0.620. The fourth-order valence-corrected chi connectivity index (χ4v) is 0.915. The van der Waals surface area contributed by atoms with Gasteiger partial charge in [-0.15, -0.1) is 0 Å². The first-order valence-electron chi connectivity index (χ1n) is 5.11. The molecule has 0 saturated heterocycles. The summed E-state index contributed by atoms with van der Waals surface area (Å²) in [5.41, 5.74) is 2.77. The molecule has 0 amide bonds. The molecule has 0 aliphatic rings. The molecule has 0 radical (unpaired) electrons. The molecule has 0 fully saturated rings. The maximum Gasteiger partial charge on any atom is 0.00115 e. The summed E-state index contributed by atoms with van der Waals surface area (Å²) in [6.07, 6.45) is 4.49. The van der Waals surface area contributed by atoms with Crippen molar-refractivity contribution in [3.05, 3.63) is 23.3 Å². The molecule has 0 rings (SSSR count). The van der Waals surface area contributed by atoms with E-state index in [0.717, 1.165) is 13.1 Å². The predicted octanol–water partition coefficient (Wildman–Crippen LogP) is 3.14. The molecule has 0 aromatic heterocycles. The van der Waals surface area contributed by atoms with Gasteiger partial charge >= 0.3 is 0 Å². The third-order valence-corrected chi connectivity index (χ3v) is 2.18. The quantitative estimate of drug-likeness (QED) is 0.642. The molecule has 0 spiro atoms. The predicted molar refractivity (Wildman–Crippen MR) is 60.9 cm³/mol. The Morgan fingerprint density at radius 2 is 1.92 bits per heavy atom. The van der Waals surface area contributed by atoms with Crippen LogP contribution in [0.15, 0.2) is 23.3 Å². The average molecular weight is 181 g/mol. The number of hydrogen-bond donors (Lipinski definition) is 1. The van der Waals surface area contributed by atoms with E-state index in [1.54, 1.807) is 0 Å². The fourth-order valence-electron chi connectivity index (χ4n) is 0.915. The van der Waals surface area contributed by atoms with Gasteiger partial charge in [-0.25, -0.2) is 0 Å². The molecule has 0 saturated carbocycles. The summed E-state index contributed by atoms with van der Waals surface area (Å²) in [7, 11) is 0. The summed E-state index contributed by atoms with van der Waals surface area (Å²) in [4.78, 5) is 0. The van der Waals surface area contributed by atoms with Crippen LogP contribution in [0.5, 0.6) is 0 Å². The molecule has 1 heteroatoms. The van der Waals surface area contributed by atoms with E-state index in [4.69, 9.17) is 0 Å². The topological polar surface area (TPSA) is 12.0 Å². The minimum Gasteiger partial charge on any atom is -0.316 e. The maximum absolute atomic E-state index is 3.33. The highest BCUT2D eigenvalue weighted by atomic mass is 14.8. The summed E-state index contributed by atoms with van der Waals surface area (Å²) in [5.74, 6) is 0.620. The van der Waals surface area contributed by atoms with E-state index in [-0.39, 0.29) is 0 Å². The summed E-state index contributed by atoms with van der Waals surface area (Å²) in [6.45, 7) is 13.0. The van der Waals surface area contributed by atoms with Crippen LogP contribution in [0.4, 0.5) is 0 Å². The van der Waals surface area contributed by atoms with Crippen molar-refractivity contribution in [2.45, 2.75) is 34.6 Å². The first-order valence-corrected chi connectivity index (χ1v) is 5.11. The molecular formula is C12H23N. The Kier molecular flexibility index (Phi) is 6.61. The Balaban J connectivity index is 3.90. The Bertz CT molecular complexity index is 185. The second-order valence-electron chi connectivity index (χ2n) is 3.83. The third-order valence-electron chi connectivity index (χ3n) is 2.18. The molecule has 0 aliphatic heterocycles. The SMILES string of the molecule is CCNCC(C)C=CC(C)=C(C)C. The Morgan fingerprint density at radius 1 is 1.31 bits per heavy atom. The van der Waals surface area contributed by atoms with Crippen LogP contribution in [0.2, 0.25) is 0 Å². The summed E-state index contributed by atoms with van der Waals surface area (Å²) >= 11 is 0. The van der Waals surface area contributed by atoms with Gasteiger partial charge in [-0.2, -0.15) is 0 Å². The maximum atomic E-state index is 3.33. The van der Waals surface area contributed by atoms with E-state index in [2.05, 4.69) is 52.1 Å². The van der Waals surface area contributed by atoms with Crippen molar-refractivity contribution in [1.82, 2.24) is 5.32 Å². The Hall–Kier alpha value is -0.560. The highest BCUT2D eigenvalue weighted by Crippen LogP contribution is 2.05. The van der Waals surface area contributed by atoms with Crippen LogP contribution in [-0.4, -0.2) is 13.1 Å². The van der Waals surface area contributed by atoms with Crippen molar-refractivity contribution in [3.8, 4) is 0 Å². The largest absolute Gasteiger partial charge is 0.316 e. The lowest BCUT2D eigenvalue weighted by molar-refractivity contribution is 0.611. The Labute approximate surface area is 82.9 Å². The molecule has 0 aromatic rings. The van der Waals surface area contributed by atoms with Crippen LogP contribution < -0.4 is 5.32 Å². The van der Waals surface area contributed by atoms with Gasteiger partial charge in [0.25, 0.3) is 0 Å². The van der Waals surface area contributed by atoms with Gasteiger partial charge in [0.05, 0.1) is 0 Å². The molecule has 0 aromatic carbocycles. The van der Waals surface area contributed by atoms with E-state index in [1.807, 2.05) is 0 Å². The fraction of sp³-hybridized carbons (Fsp3) is 0.667. The smallest absolute Gasteiger partial charge is 0.00115 e. The molecule has 1 atom stereocenters. The highest BCUT2D eigenvalue weighted by molar-refractivity contribution is 5.21. The first kappa shape index (κ1) is 12.4. The summed E-state index contributed by atoms with van der Waals surface area (Å²) in [6, 6.07) is 0. The monoisotopic (exact) mass is 181 g/mol. The van der Waals surface area contributed by atoms with Crippen molar-refractivity contribution >= 4 is 0 Å². The normalized spacial score (nSPS) is 13.3. The summed E-state index contributed by atoms with van der Waals surface area (Å²) in [5, 5.41) is 3.33. The van der Waals surface area contributed by atoms with Gasteiger partial charge in [-0.05, 0) is 33.2 Å². The van der Waals surface area contributed by atoms with Crippen LogP contribution in [0.25, 0.3) is 0 Å². The zero-order valence-electron chi connectivity index (χ0n) is 9.65. The molecular weight excluding hydrogens is 158 g/mol. The lowest BCUT2D eigenvalue weighted by atomic mass is 10.1. The highest BCUT2D eigenvalue weighted by Gasteiger charge is 1.94. The molecule has 1 N–H and O–H groups in total. The second-order valence-corrected chi connectivity index (χ2v) is 3.83. The van der Waals surface area contributed by atoms with E-state index in [1.165, 1.54) is 11.1 Å². The van der Waals surface area contributed by atoms with Crippen molar-refractivity contribution in [2.24, 2.45) is 5.92 Å². The number of rotatable bonds is 5. The van der Waals surface area contributed by atoms with Crippen LogP contribution in [-0.2, 0) is 0 Å². The zero-order valence-corrected chi connectivity index (χ0v) is 9.65. The van der Waals surface area contributed by atoms with Crippen molar-refractivity contribution in [2.75, 3.05) is 13.1 Å². The van der Waals surface area contributed by atoms with Gasteiger partial charge in [0, 0.05) is 6.54 Å². The van der Waals surface area contributed by atoms with Crippen molar-refractivity contribution in [1.29, 1.82) is 0 Å². The molecule has 0 bridgehead atoms. The van der Waals surface area contributed by atoms with Crippen LogP contribution in [0.3, 0.4) is 0 Å². The zero-order chi connectivity index (χ0) is 10.3. The number of nitrogens with one attached hydrogen (secondary N) is 1. The van der Waals surface area contributed by atoms with Gasteiger partial charge in [-0.1, -0.05) is 37.1 Å². The van der Waals surface area contributed by atoms with Gasteiger partial charge in [-0.3, -0.25) is 0 Å². The third kappa shape index (κ3) is 6.59. The lowest BCUT2D eigenvalue weighted by Crippen LogP contribution is -2.19. The number of allylic oxidation sites excluding steroid dienone is 3. The second kappa shape index (κ2) is 6.90. The molecule has 13 heavy (non-hydrogen) atoms. The first-order chi connectivity index (χ1) is 6.07. The van der Waals surface area contributed by atoms with E-state index < -0.39 is 0 Å². The van der Waals surface area contributed by atoms with E-state index in [0.29, 0.717) is 5.92 Å². The van der Waals surface area contributed by atoms with E-state index >= 15 is 0 Å². The van der Waals surface area contributed by atoms with Gasteiger partial charge in [0.15, 0.2) is 0 Å². The van der Waals surface area contributed by atoms with Gasteiger partial charge in [0.2, 0.25) is 0 Å². The van der Waals surface area contributed by atoms with Crippen LogP contribution in [0, 0.1) is 5.92 Å². The number of hydrogen-bond acceptors (Lipinski definition) is 1. The summed E-state index contributed by atoms with van der Waals surface area (Å²) < 4.78 is 0. The Morgan fingerprint density at radius 3 is 2.38 bits per heavy atom. The molecule has 1 nitrogen and oxygen atoms in total. The van der Waals surface area contributed by atoms with Crippen molar-refractivity contribution < 1.29 is 0 Å². The minimum absolute atomic E-state index is 0.620. The molecule has 0 aliphatic carbocycles. The standard InChI is InChI=1S/C12H23N/c1-6-13-9-11(4)7-8-12(5)10(2)3/h7-8,11,13H,6,9H2,1-5H3. The average Bonchev–Trinajstić information content (AvgIpc) is 2.10. The van der Waals surface area contributed by atoms with Crippen molar-refractivity contribution in [3.63, 3.8) is 0 Å². The van der Waals surface area contributed by atoms with E-state index in [9.17, 15) is 0 Å². The van der Waals surface area contributed by atoms with Gasteiger partial charge in [0.1, 0.15) is 0 Å². The molecule has 1 unspecified atom stereocenters.